The van der Waals surface area contributed by atoms with Crippen molar-refractivity contribution in [2.75, 3.05) is 0 Å². The van der Waals surface area contributed by atoms with Crippen molar-refractivity contribution in [2.45, 2.75) is 65.2 Å². The molecule has 1 N–H and O–H groups in total. The van der Waals surface area contributed by atoms with Crippen LogP contribution < -0.4 is 0 Å². The van der Waals surface area contributed by atoms with Gasteiger partial charge in [-0.1, -0.05) is 13.8 Å². The Hall–Kier alpha value is -2.54. The van der Waals surface area contributed by atoms with E-state index < -0.39 is 0 Å². The van der Waals surface area contributed by atoms with Crippen LogP contribution in [-0.2, 0) is 4.79 Å². The van der Waals surface area contributed by atoms with Gasteiger partial charge in [-0.25, -0.2) is 14.5 Å². The zero-order valence-corrected chi connectivity index (χ0v) is 18.1. The number of aryl methyl sites for hydroxylation is 1. The molecule has 0 amide bonds. The number of aromatic amines is 1. The third kappa shape index (κ3) is 2.90. The zero-order valence-electron chi connectivity index (χ0n) is 17.2. The summed E-state index contributed by atoms with van der Waals surface area (Å²) in [4.78, 5) is 25.9. The number of rotatable bonds is 3. The highest BCUT2D eigenvalue weighted by atomic mass is 32.1. The smallest absolute Gasteiger partial charge is 0.158 e. The predicted molar refractivity (Wildman–Crippen MR) is 116 cm³/mol. The second-order valence-electron chi connectivity index (χ2n) is 8.43. The van der Waals surface area contributed by atoms with Crippen molar-refractivity contribution in [2.24, 2.45) is 0 Å². The second-order valence-corrected chi connectivity index (χ2v) is 9.46. The van der Waals surface area contributed by atoms with Crippen LogP contribution in [0.15, 0.2) is 12.5 Å². The number of hydrogen-bond acceptors (Lipinski definition) is 5. The Morgan fingerprint density at radius 2 is 1.97 bits per heavy atom. The van der Waals surface area contributed by atoms with E-state index in [1.54, 1.807) is 17.7 Å². The van der Waals surface area contributed by atoms with E-state index in [4.69, 9.17) is 4.98 Å². The molecule has 29 heavy (non-hydrogen) atoms. The molecule has 4 aromatic heterocycles. The van der Waals surface area contributed by atoms with E-state index >= 15 is 0 Å². The molecule has 4 aromatic rings. The third-order valence-electron chi connectivity index (χ3n) is 6.27. The largest absolute Gasteiger partial charge is 0.345 e. The first-order chi connectivity index (χ1) is 13.9. The molecule has 0 radical (unpaired) electrons. The lowest BCUT2D eigenvalue weighted by molar-refractivity contribution is -0.120. The first kappa shape index (κ1) is 18.5. The molecule has 1 aliphatic carbocycles. The number of thiazole rings is 1. The van der Waals surface area contributed by atoms with Gasteiger partial charge in [0.15, 0.2) is 5.65 Å². The van der Waals surface area contributed by atoms with Crippen molar-refractivity contribution in [1.29, 1.82) is 0 Å². The van der Waals surface area contributed by atoms with Gasteiger partial charge >= 0.3 is 0 Å². The van der Waals surface area contributed by atoms with Gasteiger partial charge in [0.2, 0.25) is 0 Å². The van der Waals surface area contributed by atoms with Crippen molar-refractivity contribution in [3.63, 3.8) is 0 Å². The maximum Gasteiger partial charge on any atom is 0.158 e. The monoisotopic (exact) mass is 407 g/mol. The Morgan fingerprint density at radius 1 is 1.21 bits per heavy atom. The highest BCUT2D eigenvalue weighted by Gasteiger charge is 2.27. The third-order valence-corrected chi connectivity index (χ3v) is 7.41. The molecule has 1 aliphatic rings. The molecule has 0 unspecified atom stereocenters. The lowest BCUT2D eigenvalue weighted by atomic mass is 9.89. The normalized spacial score (nSPS) is 16.0. The van der Waals surface area contributed by atoms with E-state index in [1.807, 2.05) is 4.52 Å². The zero-order chi connectivity index (χ0) is 20.3. The van der Waals surface area contributed by atoms with Gasteiger partial charge in [0.25, 0.3) is 0 Å². The van der Waals surface area contributed by atoms with Gasteiger partial charge in [0.05, 0.1) is 10.7 Å². The van der Waals surface area contributed by atoms with Gasteiger partial charge in [-0.2, -0.15) is 5.10 Å². The summed E-state index contributed by atoms with van der Waals surface area (Å²) in [7, 11) is 0. The molecule has 0 spiro atoms. The first-order valence-electron chi connectivity index (χ1n) is 10.3. The summed E-state index contributed by atoms with van der Waals surface area (Å²) in [6.07, 6.45) is 6.92. The second kappa shape index (κ2) is 6.76. The summed E-state index contributed by atoms with van der Waals surface area (Å²) < 4.78 is 1.86. The SMILES string of the molecule is Cc1c(-c2[nH]c3sc(C4CCC(=O)CC4)nc3c2C(C)C)cn2ncnc2c1C. The number of nitrogens with one attached hydrogen (secondary N) is 1. The highest BCUT2D eigenvalue weighted by Crippen LogP contribution is 2.42. The molecule has 0 aromatic carbocycles. The van der Waals surface area contributed by atoms with Crippen LogP contribution >= 0.6 is 11.3 Å². The Labute approximate surface area is 173 Å². The molecular weight excluding hydrogens is 382 g/mol. The fraction of sp³-hybridized carbons (Fsp3) is 0.455. The average Bonchev–Trinajstić information content (AvgIpc) is 3.38. The number of pyridine rings is 1. The van der Waals surface area contributed by atoms with Crippen LogP contribution in [-0.4, -0.2) is 30.3 Å². The van der Waals surface area contributed by atoms with Crippen molar-refractivity contribution >= 4 is 33.1 Å². The summed E-state index contributed by atoms with van der Waals surface area (Å²) in [5.74, 6) is 1.15. The van der Waals surface area contributed by atoms with Gasteiger partial charge in [-0.15, -0.1) is 11.3 Å². The van der Waals surface area contributed by atoms with E-state index in [-0.39, 0.29) is 0 Å². The molecule has 5 rings (SSSR count). The van der Waals surface area contributed by atoms with Gasteiger partial charge in [0, 0.05) is 36.1 Å². The number of carbonyl (C=O) groups excluding carboxylic acids is 1. The Kier molecular flexibility index (Phi) is 4.31. The standard InChI is InChI=1S/C22H25N5OS/c1-11(2)17-18(16-9-27-20(23-10-24-27)13(4)12(16)3)25-22-19(17)26-21(29-22)14-5-7-15(28)8-6-14/h9-11,14,25H,5-8H2,1-4H3. The van der Waals surface area contributed by atoms with Gasteiger partial charge in [-0.05, 0) is 43.7 Å². The summed E-state index contributed by atoms with van der Waals surface area (Å²) in [5.41, 5.74) is 7.90. The maximum absolute atomic E-state index is 11.6. The van der Waals surface area contributed by atoms with E-state index in [0.717, 1.165) is 45.7 Å². The van der Waals surface area contributed by atoms with Gasteiger partial charge in [-0.3, -0.25) is 4.79 Å². The van der Waals surface area contributed by atoms with Crippen molar-refractivity contribution < 1.29 is 4.79 Å². The fourth-order valence-electron chi connectivity index (χ4n) is 4.49. The van der Waals surface area contributed by atoms with Gasteiger partial charge in [0.1, 0.15) is 22.5 Å². The van der Waals surface area contributed by atoms with Gasteiger partial charge < -0.3 is 4.98 Å². The van der Waals surface area contributed by atoms with E-state index in [0.29, 0.717) is 30.5 Å². The van der Waals surface area contributed by atoms with Crippen LogP contribution in [0.3, 0.4) is 0 Å². The summed E-state index contributed by atoms with van der Waals surface area (Å²) in [5, 5.41) is 5.53. The molecule has 0 saturated heterocycles. The van der Waals surface area contributed by atoms with E-state index in [1.165, 1.54) is 16.1 Å². The number of nitrogens with zero attached hydrogens (tertiary/aromatic N) is 4. The number of Topliss-reactive ketones (excluding diaryl/α,β-unsaturated/α-hetero) is 1. The molecular formula is C22H25N5OS. The Balaban J connectivity index is 1.65. The fourth-order valence-corrected chi connectivity index (χ4v) is 5.65. The molecule has 0 aliphatic heterocycles. The average molecular weight is 408 g/mol. The molecule has 1 fully saturated rings. The number of aromatic nitrogens is 5. The summed E-state index contributed by atoms with van der Waals surface area (Å²) in [6.45, 7) is 8.70. The van der Waals surface area contributed by atoms with Crippen LogP contribution in [0.4, 0.5) is 0 Å². The molecule has 0 atom stereocenters. The summed E-state index contributed by atoms with van der Waals surface area (Å²) >= 11 is 1.75. The van der Waals surface area contributed by atoms with E-state index in [2.05, 4.69) is 49.0 Å². The first-order valence-corrected chi connectivity index (χ1v) is 11.1. The number of fused-ring (bicyclic) bond motifs is 2. The quantitative estimate of drug-likeness (QED) is 0.500. The summed E-state index contributed by atoms with van der Waals surface area (Å²) in [6, 6.07) is 0. The van der Waals surface area contributed by atoms with Crippen molar-refractivity contribution in [3.05, 3.63) is 34.2 Å². The lowest BCUT2D eigenvalue weighted by Gasteiger charge is -2.18. The molecule has 7 heteroatoms. The molecule has 6 nitrogen and oxygen atoms in total. The van der Waals surface area contributed by atoms with Crippen molar-refractivity contribution in [3.8, 4) is 11.3 Å². The van der Waals surface area contributed by atoms with Crippen LogP contribution in [0.25, 0.3) is 27.3 Å². The Bertz CT molecular complexity index is 1240. The minimum Gasteiger partial charge on any atom is -0.345 e. The predicted octanol–water partition coefficient (Wildman–Crippen LogP) is 5.30. The number of carbonyl (C=O) groups is 1. The number of ketones is 1. The maximum atomic E-state index is 11.6. The lowest BCUT2D eigenvalue weighted by Crippen LogP contribution is -2.12. The van der Waals surface area contributed by atoms with Crippen LogP contribution in [0, 0.1) is 13.8 Å². The van der Waals surface area contributed by atoms with Crippen LogP contribution in [0.2, 0.25) is 0 Å². The van der Waals surface area contributed by atoms with E-state index in [9.17, 15) is 4.79 Å². The molecule has 150 valence electrons. The topological polar surface area (TPSA) is 75.9 Å². The highest BCUT2D eigenvalue weighted by molar-refractivity contribution is 7.18. The Morgan fingerprint density at radius 3 is 2.69 bits per heavy atom. The minimum atomic E-state index is 0.341. The van der Waals surface area contributed by atoms with Crippen molar-refractivity contribution in [1.82, 2.24) is 24.6 Å². The number of H-pyrrole nitrogens is 1. The minimum absolute atomic E-state index is 0.341. The molecule has 4 heterocycles. The van der Waals surface area contributed by atoms with Crippen LogP contribution in [0.5, 0.6) is 0 Å². The molecule has 1 saturated carbocycles. The molecule has 0 bridgehead atoms. The van der Waals surface area contributed by atoms with Crippen LogP contribution in [0.1, 0.15) is 73.1 Å². The number of hydrogen-bond donors (Lipinski definition) is 1.